The third-order valence-electron chi connectivity index (χ3n) is 1.52. The first-order valence-corrected chi connectivity index (χ1v) is 3.46. The van der Waals surface area contributed by atoms with Gasteiger partial charge in [-0.15, -0.1) is 0 Å². The molecule has 9 heavy (non-hydrogen) atoms. The zero-order chi connectivity index (χ0) is 6.91. The maximum Gasteiger partial charge on any atom is 0.163 e. The molecule has 1 atom stereocenters. The van der Waals surface area contributed by atoms with Gasteiger partial charge < -0.3 is 9.47 Å². The van der Waals surface area contributed by atoms with Crippen LogP contribution < -0.4 is 0 Å². The topological polar surface area (TPSA) is 18.5 Å². The van der Waals surface area contributed by atoms with Crippen molar-refractivity contribution in [2.75, 3.05) is 6.61 Å². The predicted octanol–water partition coefficient (Wildman–Crippen LogP) is 0.189. The molecular weight excluding hydrogens is 115 g/mol. The van der Waals surface area contributed by atoms with Crippen LogP contribution in [0.1, 0.15) is 13.8 Å². The van der Waals surface area contributed by atoms with Crippen molar-refractivity contribution in [2.24, 2.45) is 0 Å². The van der Waals surface area contributed by atoms with Gasteiger partial charge in [-0.1, -0.05) is 6.32 Å². The zero-order valence-corrected chi connectivity index (χ0v) is 6.31. The molecule has 0 aromatic rings. The molecule has 3 heteroatoms. The summed E-state index contributed by atoms with van der Waals surface area (Å²) in [7, 11) is 2.11. The van der Waals surface area contributed by atoms with Crippen molar-refractivity contribution in [2.45, 2.75) is 32.1 Å². The highest BCUT2D eigenvalue weighted by molar-refractivity contribution is 6.08. The lowest BCUT2D eigenvalue weighted by molar-refractivity contribution is -0.136. The van der Waals surface area contributed by atoms with Gasteiger partial charge in [0.25, 0.3) is 0 Å². The molecule has 1 aliphatic rings. The van der Waals surface area contributed by atoms with E-state index in [0.717, 1.165) is 12.9 Å². The first-order chi connectivity index (χ1) is 4.14. The van der Waals surface area contributed by atoms with Crippen LogP contribution in [0.15, 0.2) is 0 Å². The molecule has 2 nitrogen and oxygen atoms in total. The van der Waals surface area contributed by atoms with E-state index >= 15 is 0 Å². The van der Waals surface area contributed by atoms with Crippen molar-refractivity contribution in [1.82, 2.24) is 0 Å². The average Bonchev–Trinajstić information content (AvgIpc) is 2.10. The van der Waals surface area contributed by atoms with E-state index in [4.69, 9.17) is 9.47 Å². The molecular formula is C6H13BO2. The average molecular weight is 128 g/mol. The molecule has 0 unspecified atom stereocenters. The van der Waals surface area contributed by atoms with E-state index in [1.54, 1.807) is 0 Å². The Labute approximate surface area is 56.9 Å². The molecule has 1 fully saturated rings. The van der Waals surface area contributed by atoms with Crippen molar-refractivity contribution < 1.29 is 9.47 Å². The summed E-state index contributed by atoms with van der Waals surface area (Å²) in [6.45, 7) is 4.65. The Morgan fingerprint density at radius 3 is 2.56 bits per heavy atom. The molecule has 1 saturated heterocycles. The summed E-state index contributed by atoms with van der Waals surface area (Å²) in [6, 6.07) is 0. The van der Waals surface area contributed by atoms with E-state index in [0.29, 0.717) is 6.10 Å². The van der Waals surface area contributed by atoms with Crippen LogP contribution in [0.3, 0.4) is 0 Å². The largest absolute Gasteiger partial charge is 0.348 e. The molecule has 52 valence electrons. The zero-order valence-electron chi connectivity index (χ0n) is 6.31. The van der Waals surface area contributed by atoms with E-state index in [-0.39, 0.29) is 5.79 Å². The molecule has 0 aliphatic carbocycles. The Kier molecular flexibility index (Phi) is 1.82. The fraction of sp³-hybridized carbons (Fsp3) is 1.00. The van der Waals surface area contributed by atoms with Crippen LogP contribution in [-0.2, 0) is 9.47 Å². The number of rotatable bonds is 1. The van der Waals surface area contributed by atoms with E-state index in [1.807, 2.05) is 13.8 Å². The van der Waals surface area contributed by atoms with Crippen LogP contribution in [-0.4, -0.2) is 26.3 Å². The third-order valence-corrected chi connectivity index (χ3v) is 1.52. The van der Waals surface area contributed by atoms with Crippen molar-refractivity contribution in [1.29, 1.82) is 0 Å². The lowest BCUT2D eigenvalue weighted by Crippen LogP contribution is -2.21. The van der Waals surface area contributed by atoms with E-state index in [9.17, 15) is 0 Å². The van der Waals surface area contributed by atoms with Gasteiger partial charge in [0.2, 0.25) is 0 Å². The normalized spacial score (nSPS) is 32.9. The summed E-state index contributed by atoms with van der Waals surface area (Å²) in [6.07, 6.45) is 1.36. The van der Waals surface area contributed by atoms with E-state index in [2.05, 4.69) is 7.85 Å². The minimum absolute atomic E-state index is 0.319. The second-order valence-electron chi connectivity index (χ2n) is 2.86. The molecule has 0 bridgehead atoms. The molecule has 0 radical (unpaired) electrons. The fourth-order valence-electron chi connectivity index (χ4n) is 0.964. The number of hydrogen-bond donors (Lipinski definition) is 0. The highest BCUT2D eigenvalue weighted by atomic mass is 16.7. The molecule has 0 spiro atoms. The van der Waals surface area contributed by atoms with Gasteiger partial charge in [-0.05, 0) is 13.8 Å². The Hall–Kier alpha value is -0.0151. The van der Waals surface area contributed by atoms with E-state index < -0.39 is 0 Å². The molecule has 0 aromatic carbocycles. The van der Waals surface area contributed by atoms with Crippen LogP contribution in [0.2, 0.25) is 6.32 Å². The first-order valence-electron chi connectivity index (χ1n) is 3.46. The van der Waals surface area contributed by atoms with Gasteiger partial charge in [0.1, 0.15) is 7.85 Å². The lowest BCUT2D eigenvalue weighted by atomic mass is 10.0. The summed E-state index contributed by atoms with van der Waals surface area (Å²) in [5.74, 6) is -0.333. The predicted molar refractivity (Wildman–Crippen MR) is 38.3 cm³/mol. The van der Waals surface area contributed by atoms with Crippen molar-refractivity contribution in [3.63, 3.8) is 0 Å². The Balaban J connectivity index is 2.38. The quantitative estimate of drug-likeness (QED) is 0.469. The second-order valence-corrected chi connectivity index (χ2v) is 2.86. The molecule has 1 heterocycles. The van der Waals surface area contributed by atoms with Crippen LogP contribution in [0.4, 0.5) is 0 Å². The second kappa shape index (κ2) is 2.31. The van der Waals surface area contributed by atoms with Gasteiger partial charge in [-0.25, -0.2) is 0 Å². The monoisotopic (exact) mass is 128 g/mol. The van der Waals surface area contributed by atoms with Crippen molar-refractivity contribution in [3.05, 3.63) is 0 Å². The summed E-state index contributed by atoms with van der Waals surface area (Å²) >= 11 is 0. The number of hydrogen-bond acceptors (Lipinski definition) is 2. The minimum Gasteiger partial charge on any atom is -0.348 e. The first kappa shape index (κ1) is 7.10. The van der Waals surface area contributed by atoms with Crippen LogP contribution >= 0.6 is 0 Å². The maximum atomic E-state index is 5.48. The van der Waals surface area contributed by atoms with Crippen LogP contribution in [0, 0.1) is 0 Å². The summed E-state index contributed by atoms with van der Waals surface area (Å²) in [5.41, 5.74) is 0. The maximum absolute atomic E-state index is 5.48. The molecule has 0 N–H and O–H groups in total. The van der Waals surface area contributed by atoms with Crippen molar-refractivity contribution >= 4 is 7.85 Å². The molecule has 0 saturated carbocycles. The van der Waals surface area contributed by atoms with Crippen LogP contribution in [0.25, 0.3) is 0 Å². The van der Waals surface area contributed by atoms with Gasteiger partial charge >= 0.3 is 0 Å². The minimum atomic E-state index is -0.333. The van der Waals surface area contributed by atoms with Gasteiger partial charge in [0.05, 0.1) is 12.7 Å². The molecule has 0 aromatic heterocycles. The summed E-state index contributed by atoms with van der Waals surface area (Å²) < 4.78 is 10.8. The summed E-state index contributed by atoms with van der Waals surface area (Å²) in [5, 5.41) is 0. The Morgan fingerprint density at radius 2 is 2.33 bits per heavy atom. The van der Waals surface area contributed by atoms with Gasteiger partial charge in [-0.3, -0.25) is 0 Å². The lowest BCUT2D eigenvalue weighted by Gasteiger charge is -2.16. The highest BCUT2D eigenvalue weighted by Crippen LogP contribution is 2.23. The fourth-order valence-corrected chi connectivity index (χ4v) is 0.964. The molecule has 0 amide bonds. The SMILES string of the molecule is BC[C@H]1COC(C)(C)O1. The standard InChI is InChI=1S/C6H13BO2/c1-6(2)8-4-5(3-7)9-6/h5H,3-4,7H2,1-2H3/t5-/m0/s1. The van der Waals surface area contributed by atoms with Gasteiger partial charge in [0, 0.05) is 0 Å². The third kappa shape index (κ3) is 1.70. The highest BCUT2D eigenvalue weighted by Gasteiger charge is 2.30. The molecule has 1 rings (SSSR count). The summed E-state index contributed by atoms with van der Waals surface area (Å²) in [4.78, 5) is 0. The van der Waals surface area contributed by atoms with Crippen LogP contribution in [0.5, 0.6) is 0 Å². The smallest absolute Gasteiger partial charge is 0.163 e. The van der Waals surface area contributed by atoms with Crippen molar-refractivity contribution in [3.8, 4) is 0 Å². The van der Waals surface area contributed by atoms with E-state index in [1.165, 1.54) is 0 Å². The van der Waals surface area contributed by atoms with Gasteiger partial charge in [0.15, 0.2) is 5.79 Å². The Bertz CT molecular complexity index is 103. The Morgan fingerprint density at radius 1 is 1.67 bits per heavy atom. The number of ether oxygens (including phenoxy) is 2. The van der Waals surface area contributed by atoms with Gasteiger partial charge in [-0.2, -0.15) is 0 Å². The molecule has 1 aliphatic heterocycles.